The molecule has 0 aliphatic rings. The number of aromatic nitrogens is 4. The molecule has 12 heteroatoms. The molecule has 4 rings (SSSR count). The highest BCUT2D eigenvalue weighted by Gasteiger charge is 2.23. The number of hydrogen-bond donors (Lipinski definition) is 0. The van der Waals surface area contributed by atoms with Crippen molar-refractivity contribution in [2.75, 3.05) is 0 Å². The molecule has 0 spiro atoms. The van der Waals surface area contributed by atoms with Gasteiger partial charge in [0, 0.05) is 24.3 Å². The first-order valence-electron chi connectivity index (χ1n) is 13.4. The molecule has 0 atom stereocenters. The molecule has 0 unspecified atom stereocenters. The Kier molecular flexibility index (Phi) is 9.34. The molecule has 0 aliphatic carbocycles. The van der Waals surface area contributed by atoms with Crippen molar-refractivity contribution in [3.8, 4) is 34.5 Å². The van der Waals surface area contributed by atoms with E-state index < -0.39 is 9.85 Å². The van der Waals surface area contributed by atoms with Gasteiger partial charge in [-0.05, 0) is 36.4 Å². The summed E-state index contributed by atoms with van der Waals surface area (Å²) in [4.78, 5) is 20.9. The summed E-state index contributed by atoms with van der Waals surface area (Å²) in [5.41, 5.74) is 2.26. The van der Waals surface area contributed by atoms with E-state index in [0.717, 1.165) is 0 Å². The minimum Gasteiger partial charge on any atom is -0.839 e. The Morgan fingerprint density at radius 1 is 0.568 bits per heavy atom. The Morgan fingerprint density at radius 3 is 1.16 bits per heavy atom. The van der Waals surface area contributed by atoms with Gasteiger partial charge in [-0.15, -0.1) is 0 Å². The van der Waals surface area contributed by atoms with Crippen molar-refractivity contribution in [1.29, 1.82) is 0 Å². The van der Waals surface area contributed by atoms with Crippen LogP contribution in [0.1, 0.15) is 11.4 Å². The van der Waals surface area contributed by atoms with Gasteiger partial charge in [0.25, 0.3) is 23.0 Å². The van der Waals surface area contributed by atoms with E-state index in [2.05, 4.69) is 0 Å². The quantitative estimate of drug-likeness (QED) is 0.118. The number of non-ortho nitro benzene ring substituents is 2. The van der Waals surface area contributed by atoms with E-state index in [-0.39, 0.29) is 23.1 Å². The molecule has 4 aromatic rings. The van der Waals surface area contributed by atoms with Crippen LogP contribution in [0, 0.1) is 20.2 Å². The average molecular weight is 595 g/mol. The maximum Gasteiger partial charge on any atom is 0.288 e. The van der Waals surface area contributed by atoms with Crippen molar-refractivity contribution in [2.45, 2.75) is 0 Å². The fourth-order valence-electron chi connectivity index (χ4n) is 4.78. The summed E-state index contributed by atoms with van der Waals surface area (Å²) in [7, 11) is 6.84. The van der Waals surface area contributed by atoms with Crippen molar-refractivity contribution in [3.63, 3.8) is 0 Å². The van der Waals surface area contributed by atoms with Gasteiger partial charge in [0.15, 0.2) is 11.4 Å². The Hall–Kier alpha value is -6.04. The predicted octanol–water partition coefficient (Wildman–Crippen LogP) is 3.71. The van der Waals surface area contributed by atoms with Gasteiger partial charge < -0.3 is 10.2 Å². The van der Waals surface area contributed by atoms with Crippen molar-refractivity contribution in [3.05, 3.63) is 129 Å². The van der Waals surface area contributed by atoms with Crippen LogP contribution < -0.4 is 19.3 Å². The minimum atomic E-state index is -0.467. The van der Waals surface area contributed by atoms with Crippen LogP contribution in [0.25, 0.3) is 34.9 Å². The van der Waals surface area contributed by atoms with E-state index >= 15 is 0 Å². The summed E-state index contributed by atoms with van der Waals surface area (Å²) in [6.45, 7) is 0. The largest absolute Gasteiger partial charge is 0.839 e. The van der Waals surface area contributed by atoms with E-state index in [9.17, 15) is 30.4 Å². The van der Waals surface area contributed by atoms with Gasteiger partial charge >= 0.3 is 0 Å². The predicted molar refractivity (Wildman–Crippen MR) is 162 cm³/mol. The topological polar surface area (TPSA) is 150 Å². The molecule has 2 aromatic heterocycles. The molecule has 0 saturated carbocycles. The van der Waals surface area contributed by atoms with Crippen molar-refractivity contribution in [1.82, 2.24) is 9.13 Å². The van der Waals surface area contributed by atoms with E-state index in [0.29, 0.717) is 34.2 Å². The zero-order valence-electron chi connectivity index (χ0n) is 24.5. The molecule has 0 aliphatic heterocycles. The smallest absolute Gasteiger partial charge is 0.288 e. The molecular formula is C32H30N6O6. The summed E-state index contributed by atoms with van der Waals surface area (Å²) in [5.74, 6) is 0.872. The van der Waals surface area contributed by atoms with Crippen LogP contribution in [0.3, 0.4) is 0 Å². The molecule has 44 heavy (non-hydrogen) atoms. The second kappa shape index (κ2) is 13.3. The van der Waals surface area contributed by atoms with Crippen molar-refractivity contribution in [2.24, 2.45) is 28.2 Å². The monoisotopic (exact) mass is 594 g/mol. The number of nitro benzene ring substituents is 2. The van der Waals surface area contributed by atoms with Gasteiger partial charge in [-0.2, -0.15) is 0 Å². The third-order valence-electron chi connectivity index (χ3n) is 7.00. The summed E-state index contributed by atoms with van der Waals surface area (Å²) in [6, 6.07) is 12.1. The normalized spacial score (nSPS) is 12.2. The number of nitrogens with zero attached hydrogens (tertiary/aromatic N) is 6. The number of nitro groups is 2. The molecule has 0 radical (unpaired) electrons. The van der Waals surface area contributed by atoms with E-state index in [1.165, 1.54) is 33.4 Å². The second-order valence-corrected chi connectivity index (χ2v) is 9.74. The maximum absolute atomic E-state index is 12.8. The summed E-state index contributed by atoms with van der Waals surface area (Å²) < 4.78 is 6.50. The van der Waals surface area contributed by atoms with E-state index in [1.807, 2.05) is 12.2 Å². The highest BCUT2D eigenvalue weighted by molar-refractivity contribution is 5.62. The summed E-state index contributed by atoms with van der Waals surface area (Å²) in [6.07, 6.45) is 17.7. The van der Waals surface area contributed by atoms with Crippen LogP contribution in [-0.4, -0.2) is 19.0 Å². The lowest BCUT2D eigenvalue weighted by Crippen LogP contribution is -2.33. The lowest BCUT2D eigenvalue weighted by atomic mass is 10.2. The standard InChI is InChI=1S/C32H30N6O6/c1-33-27(31(39)35(3)29(33)23-15-19-25(20-16-23)37(41)42)13-11-9-7-5-6-8-10-12-14-28-32(40)36(4)30(34(28)2)24-17-21-26(22-18-24)38(43)44/h5-22H,1-4H3/b6-5+,9-7+,10-8+,13-11+,14-12+. The first-order valence-corrected chi connectivity index (χ1v) is 13.4. The number of hydrogen-bond acceptors (Lipinski definition) is 6. The third-order valence-corrected chi connectivity index (χ3v) is 7.00. The molecule has 0 N–H and O–H groups in total. The second-order valence-electron chi connectivity index (χ2n) is 9.74. The first-order chi connectivity index (χ1) is 21.0. The Bertz CT molecular complexity index is 1720. The van der Waals surface area contributed by atoms with Gasteiger partial charge in [-0.3, -0.25) is 20.2 Å². The van der Waals surface area contributed by atoms with Crippen LogP contribution in [0.5, 0.6) is 11.8 Å². The average Bonchev–Trinajstić information content (AvgIpc) is 3.35. The highest BCUT2D eigenvalue weighted by Crippen LogP contribution is 2.26. The van der Waals surface area contributed by atoms with Crippen LogP contribution >= 0.6 is 0 Å². The molecule has 224 valence electrons. The zero-order chi connectivity index (χ0) is 32.0. The van der Waals surface area contributed by atoms with Crippen molar-refractivity contribution >= 4 is 23.5 Å². The third kappa shape index (κ3) is 6.39. The molecule has 2 heterocycles. The fraction of sp³-hybridized carbons (Fsp3) is 0.125. The van der Waals surface area contributed by atoms with Crippen LogP contribution in [0.4, 0.5) is 11.4 Å². The first kappa shape index (κ1) is 30.9. The van der Waals surface area contributed by atoms with Gasteiger partial charge in [-0.25, -0.2) is 18.3 Å². The molecule has 0 bridgehead atoms. The number of imidazole rings is 2. The number of benzene rings is 2. The molecule has 12 nitrogen and oxygen atoms in total. The lowest BCUT2D eigenvalue weighted by molar-refractivity contribution is -0.703. The van der Waals surface area contributed by atoms with Crippen LogP contribution in [0.15, 0.2) is 97.1 Å². The summed E-state index contributed by atoms with van der Waals surface area (Å²) in [5, 5.41) is 47.4. The minimum absolute atomic E-state index is 0.0190. The fourth-order valence-corrected chi connectivity index (χ4v) is 4.78. The molecule has 0 saturated heterocycles. The Morgan fingerprint density at radius 2 is 0.864 bits per heavy atom. The van der Waals surface area contributed by atoms with Crippen LogP contribution in [0.2, 0.25) is 0 Å². The van der Waals surface area contributed by atoms with Crippen LogP contribution in [-0.2, 0) is 28.2 Å². The van der Waals surface area contributed by atoms with Gasteiger partial charge in [0.05, 0.1) is 49.2 Å². The SMILES string of the molecule is Cn1c(/C=C/C=C/C=C/C=C/C=C/c2c([O-])[n+](C)c(-c3ccc([N+](=O)[O-])cc3)n2C)c([O-])[n+](C)c1-c1ccc([N+](=O)[O-])cc1. The lowest BCUT2D eigenvalue weighted by Gasteiger charge is -2.01. The van der Waals surface area contributed by atoms with E-state index in [4.69, 9.17) is 0 Å². The maximum atomic E-state index is 12.8. The molecule has 0 fully saturated rings. The number of rotatable bonds is 10. The molecule has 2 aromatic carbocycles. The molecular weight excluding hydrogens is 564 g/mol. The van der Waals surface area contributed by atoms with E-state index in [1.54, 1.807) is 110 Å². The zero-order valence-corrected chi connectivity index (χ0v) is 24.5. The molecule has 0 amide bonds. The Balaban J connectivity index is 1.38. The number of allylic oxidation sites excluding steroid dienone is 8. The van der Waals surface area contributed by atoms with Gasteiger partial charge in [-0.1, -0.05) is 48.6 Å². The highest BCUT2D eigenvalue weighted by atomic mass is 16.6. The Labute approximate surface area is 253 Å². The summed E-state index contributed by atoms with van der Waals surface area (Å²) >= 11 is 0. The van der Waals surface area contributed by atoms with Crippen molar-refractivity contribution < 1.29 is 29.2 Å². The van der Waals surface area contributed by atoms with Gasteiger partial charge in [0.2, 0.25) is 0 Å². The van der Waals surface area contributed by atoms with Gasteiger partial charge in [0.1, 0.15) is 11.8 Å².